The number of rotatable bonds is 4. The molecule has 0 bridgehead atoms. The van der Waals surface area contributed by atoms with Gasteiger partial charge in [-0.1, -0.05) is 18.2 Å². The van der Waals surface area contributed by atoms with Crippen molar-refractivity contribution in [2.75, 3.05) is 18.5 Å². The zero-order chi connectivity index (χ0) is 21.8. The fourth-order valence-electron chi connectivity index (χ4n) is 3.53. The van der Waals surface area contributed by atoms with Crippen LogP contribution in [0.5, 0.6) is 5.75 Å². The van der Waals surface area contributed by atoms with Crippen molar-refractivity contribution in [2.45, 2.75) is 31.6 Å². The van der Waals surface area contributed by atoms with Crippen molar-refractivity contribution in [1.29, 1.82) is 0 Å². The summed E-state index contributed by atoms with van der Waals surface area (Å²) >= 11 is 0. The third kappa shape index (κ3) is 5.04. The first-order valence-corrected chi connectivity index (χ1v) is 9.91. The van der Waals surface area contributed by atoms with Gasteiger partial charge in [0.2, 0.25) is 0 Å². The Bertz CT molecular complexity index is 1010. The number of ether oxygens (including phenoxy) is 1. The minimum absolute atomic E-state index is 0.144. The second kappa shape index (κ2) is 8.79. The Morgan fingerprint density at radius 2 is 2.03 bits per heavy atom. The summed E-state index contributed by atoms with van der Waals surface area (Å²) in [5.41, 5.74) is 0.479. The van der Waals surface area contributed by atoms with Crippen LogP contribution in [0, 0.1) is 0 Å². The Morgan fingerprint density at radius 1 is 1.23 bits per heavy atom. The molecule has 6 nitrogen and oxygen atoms in total. The first kappa shape index (κ1) is 20.9. The minimum atomic E-state index is -4.32. The third-order valence-electron chi connectivity index (χ3n) is 5.11. The van der Waals surface area contributed by atoms with E-state index in [0.717, 1.165) is 0 Å². The number of anilines is 1. The topological polar surface area (TPSA) is 67.3 Å². The molecule has 4 rings (SSSR count). The van der Waals surface area contributed by atoms with E-state index in [1.54, 1.807) is 47.6 Å². The standard InChI is InChI=1S/C22H21F3N4O2/c23-22(24,25)15-3-1-4-16(6-5-15)28-17-7-8-19-18(13-17)21(30)29(11-12-31-19)14-20-26-9-2-10-27-20/h1-2,4-5,7-10,13,16,28H,3,6,11-12,14H2. The highest BCUT2D eigenvalue weighted by atomic mass is 19.4. The number of allylic oxidation sites excluding steroid dienone is 2. The molecule has 1 aliphatic heterocycles. The number of hydrogen-bond acceptors (Lipinski definition) is 5. The number of nitrogens with zero attached hydrogens (tertiary/aromatic N) is 3. The largest absolute Gasteiger partial charge is 0.491 e. The Hall–Kier alpha value is -3.36. The van der Waals surface area contributed by atoms with Crippen molar-refractivity contribution in [3.8, 4) is 5.75 Å². The molecule has 0 fully saturated rings. The number of carbonyl (C=O) groups excluding carboxylic acids is 1. The van der Waals surface area contributed by atoms with Crippen LogP contribution in [-0.4, -0.2) is 46.1 Å². The van der Waals surface area contributed by atoms with E-state index in [1.807, 2.05) is 0 Å². The number of fused-ring (bicyclic) bond motifs is 1. The average Bonchev–Trinajstić information content (AvgIpc) is 3.07. The molecule has 2 heterocycles. The summed E-state index contributed by atoms with van der Waals surface area (Å²) in [5, 5.41) is 3.20. The van der Waals surface area contributed by atoms with Crippen LogP contribution in [0.4, 0.5) is 18.9 Å². The molecular weight excluding hydrogens is 409 g/mol. The van der Waals surface area contributed by atoms with E-state index >= 15 is 0 Å². The van der Waals surface area contributed by atoms with Gasteiger partial charge in [-0.25, -0.2) is 9.97 Å². The van der Waals surface area contributed by atoms with Gasteiger partial charge in [0.15, 0.2) is 0 Å². The van der Waals surface area contributed by atoms with E-state index < -0.39 is 11.7 Å². The first-order valence-electron chi connectivity index (χ1n) is 9.91. The summed E-state index contributed by atoms with van der Waals surface area (Å²) in [6.07, 6.45) is 3.43. The monoisotopic (exact) mass is 430 g/mol. The maximum atomic E-state index is 13.1. The molecule has 1 atom stereocenters. The van der Waals surface area contributed by atoms with Crippen LogP contribution in [0.3, 0.4) is 0 Å². The Labute approximate surface area is 177 Å². The maximum absolute atomic E-state index is 13.1. The number of alkyl halides is 3. The number of carbonyl (C=O) groups is 1. The van der Waals surface area contributed by atoms with Gasteiger partial charge in [0.05, 0.1) is 18.7 Å². The Balaban J connectivity index is 1.51. The van der Waals surface area contributed by atoms with Crippen LogP contribution in [0.2, 0.25) is 0 Å². The molecule has 2 aromatic rings. The molecule has 0 spiro atoms. The van der Waals surface area contributed by atoms with Gasteiger partial charge in [0, 0.05) is 29.7 Å². The van der Waals surface area contributed by atoms with E-state index in [-0.39, 0.29) is 31.3 Å². The van der Waals surface area contributed by atoms with Crippen LogP contribution in [0.1, 0.15) is 29.0 Å². The SMILES string of the molecule is O=C1c2cc(NC3C=CCC(C(F)(F)F)=CC3)ccc2OCCN1Cc1ncccn1. The van der Waals surface area contributed by atoms with Gasteiger partial charge in [-0.15, -0.1) is 0 Å². The van der Waals surface area contributed by atoms with Gasteiger partial charge in [-0.2, -0.15) is 13.2 Å². The molecule has 31 heavy (non-hydrogen) atoms. The van der Waals surface area contributed by atoms with Gasteiger partial charge >= 0.3 is 6.18 Å². The van der Waals surface area contributed by atoms with Crippen LogP contribution >= 0.6 is 0 Å². The van der Waals surface area contributed by atoms with Crippen molar-refractivity contribution in [2.24, 2.45) is 0 Å². The third-order valence-corrected chi connectivity index (χ3v) is 5.11. The lowest BCUT2D eigenvalue weighted by molar-refractivity contribution is -0.0931. The number of halogens is 3. The van der Waals surface area contributed by atoms with Crippen LogP contribution in [0.25, 0.3) is 0 Å². The van der Waals surface area contributed by atoms with E-state index in [1.165, 1.54) is 12.2 Å². The predicted octanol–water partition coefficient (Wildman–Crippen LogP) is 4.13. The normalized spacial score (nSPS) is 19.1. The lowest BCUT2D eigenvalue weighted by Crippen LogP contribution is -2.32. The number of aromatic nitrogens is 2. The number of hydrogen-bond donors (Lipinski definition) is 1. The molecule has 2 aliphatic rings. The second-order valence-corrected chi connectivity index (χ2v) is 7.30. The van der Waals surface area contributed by atoms with Crippen molar-refractivity contribution in [3.63, 3.8) is 0 Å². The molecule has 0 radical (unpaired) electrons. The van der Waals surface area contributed by atoms with Crippen molar-refractivity contribution >= 4 is 11.6 Å². The number of nitrogens with one attached hydrogen (secondary N) is 1. The molecule has 0 saturated carbocycles. The van der Waals surface area contributed by atoms with E-state index in [9.17, 15) is 18.0 Å². The quantitative estimate of drug-likeness (QED) is 0.739. The highest BCUT2D eigenvalue weighted by Gasteiger charge is 2.33. The zero-order valence-corrected chi connectivity index (χ0v) is 16.6. The summed E-state index contributed by atoms with van der Waals surface area (Å²) in [5.74, 6) is 0.798. The smallest absolute Gasteiger partial charge is 0.412 e. The van der Waals surface area contributed by atoms with Gasteiger partial charge in [0.25, 0.3) is 5.91 Å². The summed E-state index contributed by atoms with van der Waals surface area (Å²) in [6.45, 7) is 0.996. The van der Waals surface area contributed by atoms with Gasteiger partial charge in [0.1, 0.15) is 18.2 Å². The molecular formula is C22H21F3N4O2. The number of benzene rings is 1. The highest BCUT2D eigenvalue weighted by Crippen LogP contribution is 2.32. The molecule has 1 aromatic heterocycles. The Morgan fingerprint density at radius 3 is 2.81 bits per heavy atom. The Kier molecular flexibility index (Phi) is 5.92. The van der Waals surface area contributed by atoms with Crippen LogP contribution < -0.4 is 10.1 Å². The molecule has 1 amide bonds. The fourth-order valence-corrected chi connectivity index (χ4v) is 3.53. The van der Waals surface area contributed by atoms with Crippen LogP contribution in [0.15, 0.2) is 60.5 Å². The van der Waals surface area contributed by atoms with Crippen LogP contribution in [-0.2, 0) is 6.54 Å². The molecule has 1 aliphatic carbocycles. The fraction of sp³-hybridized carbons (Fsp3) is 0.318. The molecule has 162 valence electrons. The van der Waals surface area contributed by atoms with E-state index in [4.69, 9.17) is 4.74 Å². The van der Waals surface area contributed by atoms with Gasteiger partial charge < -0.3 is 15.0 Å². The maximum Gasteiger partial charge on any atom is 0.412 e. The van der Waals surface area contributed by atoms with Gasteiger partial charge in [-0.3, -0.25) is 4.79 Å². The summed E-state index contributed by atoms with van der Waals surface area (Å²) in [4.78, 5) is 23.1. The lowest BCUT2D eigenvalue weighted by Gasteiger charge is -2.19. The minimum Gasteiger partial charge on any atom is -0.491 e. The molecule has 1 aromatic carbocycles. The molecule has 9 heteroatoms. The van der Waals surface area contributed by atoms with Crippen molar-refractivity contribution in [1.82, 2.24) is 14.9 Å². The molecule has 0 saturated heterocycles. The van der Waals surface area contributed by atoms with Gasteiger partial charge in [-0.05, 0) is 37.1 Å². The molecule has 1 N–H and O–H groups in total. The first-order chi connectivity index (χ1) is 14.9. The second-order valence-electron chi connectivity index (χ2n) is 7.30. The number of amides is 1. The highest BCUT2D eigenvalue weighted by molar-refractivity contribution is 5.98. The molecule has 1 unspecified atom stereocenters. The summed E-state index contributed by atoms with van der Waals surface area (Å²) in [6, 6.07) is 6.53. The van der Waals surface area contributed by atoms with E-state index in [2.05, 4.69) is 15.3 Å². The predicted molar refractivity (Wildman–Crippen MR) is 109 cm³/mol. The lowest BCUT2D eigenvalue weighted by atomic mass is 10.1. The van der Waals surface area contributed by atoms with Crippen molar-refractivity contribution < 1.29 is 22.7 Å². The average molecular weight is 430 g/mol. The van der Waals surface area contributed by atoms with Crippen molar-refractivity contribution in [3.05, 3.63) is 71.8 Å². The summed E-state index contributed by atoms with van der Waals surface area (Å²) < 4.78 is 44.6. The van der Waals surface area contributed by atoms with E-state index in [0.29, 0.717) is 36.0 Å². The summed E-state index contributed by atoms with van der Waals surface area (Å²) in [7, 11) is 0. The zero-order valence-electron chi connectivity index (χ0n) is 16.6.